The Morgan fingerprint density at radius 2 is 0.625 bits per heavy atom. The van der Waals surface area contributed by atoms with Gasteiger partial charge in [0.1, 0.15) is 28.7 Å². The largest absolute Gasteiger partial charge is 0.497 e. The Labute approximate surface area is 523 Å². The van der Waals surface area contributed by atoms with Crippen LogP contribution in [0.5, 0.6) is 28.7 Å². The smallest absolute Gasteiger partial charge is 0.119 e. The van der Waals surface area contributed by atoms with Gasteiger partial charge in [-0.3, -0.25) is 39.7 Å². The number of aryl methyl sites for hydroxylation is 1. The molecular formula is C72H77BrN10O5. The van der Waals surface area contributed by atoms with Gasteiger partial charge < -0.3 is 35.2 Å². The van der Waals surface area contributed by atoms with Gasteiger partial charge >= 0.3 is 0 Å². The summed E-state index contributed by atoms with van der Waals surface area (Å²) < 4.78 is 26.9. The third-order valence-electron chi connectivity index (χ3n) is 14.4. The van der Waals surface area contributed by atoms with Crippen LogP contribution in [-0.2, 0) is 31.5 Å². The molecule has 0 bridgehead atoms. The Hall–Kier alpha value is -8.90. The highest BCUT2D eigenvalue weighted by Crippen LogP contribution is 2.26. The second kappa shape index (κ2) is 32.2. The Morgan fingerprint density at radius 1 is 0.341 bits per heavy atom. The zero-order valence-corrected chi connectivity index (χ0v) is 52.6. The molecular weight excluding hydrogens is 1160 g/mol. The maximum absolute atomic E-state index is 5.45. The number of hydrogen-bond acceptors (Lipinski definition) is 15. The molecule has 0 aliphatic heterocycles. The third-order valence-corrected chi connectivity index (χ3v) is 15.0. The van der Waals surface area contributed by atoms with Crippen molar-refractivity contribution in [3.05, 3.63) is 222 Å². The normalized spacial score (nSPS) is 11.5. The number of rotatable bonds is 18. The topological polar surface area (TPSA) is 182 Å². The second-order valence-corrected chi connectivity index (χ2v) is 21.7. The van der Waals surface area contributed by atoms with E-state index >= 15 is 0 Å². The zero-order chi connectivity index (χ0) is 61.6. The van der Waals surface area contributed by atoms with E-state index in [0.29, 0.717) is 39.3 Å². The number of pyridine rings is 6. The van der Waals surface area contributed by atoms with Crippen LogP contribution in [0.15, 0.2) is 188 Å². The maximum atomic E-state index is 5.45. The van der Waals surface area contributed by atoms with Crippen LogP contribution in [0, 0.1) is 6.92 Å². The van der Waals surface area contributed by atoms with Gasteiger partial charge in [-0.2, -0.15) is 0 Å². The van der Waals surface area contributed by atoms with Crippen molar-refractivity contribution < 1.29 is 23.7 Å². The lowest BCUT2D eigenvalue weighted by atomic mass is 10.1. The molecule has 452 valence electrons. The number of halogens is 1. The Bertz CT molecular complexity index is 3860. The van der Waals surface area contributed by atoms with Crippen LogP contribution < -0.4 is 35.2 Å². The van der Waals surface area contributed by atoms with Crippen LogP contribution in [0.3, 0.4) is 0 Å². The number of alkyl halides is 1. The van der Waals surface area contributed by atoms with E-state index in [1.807, 2.05) is 128 Å². The standard InChI is InChI=1S/C46H44N6O4.C11H11NO.C10H8BrN.C3H6.C2H8N2/c1-53-39-13-17-43-31(23-39)5-9-35(47-43)27-51(28-36-10-6-32-24-40(54-2)14-18-44(32)48-36)21-22-52(29-37-11-7-33-25-41(55-3)15-19-45(33)49-37)30-38-12-8-34-26-42(56-4)16-20-46(34)50-38;1-8-3-4-9-7-10(13-2)5-6-11(9)12-8;11-7-9-6-5-8-3-1-2-4-10(8)12-9;1-2-3-1;3-1-2-4/h5-20,23-26H,21-22,27-30H2,1-4H3;3-7H,1-2H3;1-6H,7H2;1-3H2;1-4H2. The number of benzene rings is 6. The quantitative estimate of drug-likeness (QED) is 0.0774. The van der Waals surface area contributed by atoms with E-state index < -0.39 is 0 Å². The summed E-state index contributed by atoms with van der Waals surface area (Å²) in [5, 5.41) is 7.30. The van der Waals surface area contributed by atoms with Gasteiger partial charge in [0.2, 0.25) is 0 Å². The fourth-order valence-corrected chi connectivity index (χ4v) is 9.90. The van der Waals surface area contributed by atoms with Crippen molar-refractivity contribution in [1.29, 1.82) is 0 Å². The van der Waals surface area contributed by atoms with Crippen LogP contribution in [0.25, 0.3) is 65.4 Å². The van der Waals surface area contributed by atoms with Crippen molar-refractivity contribution in [2.45, 2.75) is 57.7 Å². The predicted molar refractivity (Wildman–Crippen MR) is 361 cm³/mol. The average Bonchev–Trinajstić information content (AvgIpc) is 4.59. The molecule has 1 aliphatic rings. The van der Waals surface area contributed by atoms with Crippen molar-refractivity contribution in [3.63, 3.8) is 0 Å². The summed E-state index contributed by atoms with van der Waals surface area (Å²) >= 11 is 3.38. The van der Waals surface area contributed by atoms with Gasteiger partial charge in [-0.1, -0.05) is 89.8 Å². The van der Waals surface area contributed by atoms with Crippen LogP contribution in [0.2, 0.25) is 0 Å². The minimum atomic E-state index is 0.597. The van der Waals surface area contributed by atoms with Crippen LogP contribution in [0.1, 0.15) is 53.4 Å². The van der Waals surface area contributed by atoms with Crippen molar-refractivity contribution >= 4 is 81.3 Å². The highest BCUT2D eigenvalue weighted by Gasteiger charge is 2.17. The van der Waals surface area contributed by atoms with E-state index in [1.165, 1.54) is 24.6 Å². The lowest BCUT2D eigenvalue weighted by Gasteiger charge is -2.27. The molecule has 1 saturated carbocycles. The molecule has 6 aromatic heterocycles. The zero-order valence-electron chi connectivity index (χ0n) is 51.0. The molecule has 88 heavy (non-hydrogen) atoms. The molecule has 1 fully saturated rings. The summed E-state index contributed by atoms with van der Waals surface area (Å²) in [6, 6.07) is 63.1. The number of aromatic nitrogens is 6. The van der Waals surface area contributed by atoms with Gasteiger partial charge in [-0.25, -0.2) is 0 Å². The van der Waals surface area contributed by atoms with Crippen molar-refractivity contribution in [2.24, 2.45) is 11.5 Å². The number of hydrogen-bond donors (Lipinski definition) is 2. The minimum absolute atomic E-state index is 0.597. The average molecular weight is 1240 g/mol. The molecule has 0 atom stereocenters. The summed E-state index contributed by atoms with van der Waals surface area (Å²) in [7, 11) is 8.40. The first-order chi connectivity index (χ1) is 43.0. The van der Waals surface area contributed by atoms with E-state index in [-0.39, 0.29) is 0 Å². The molecule has 13 rings (SSSR count). The van der Waals surface area contributed by atoms with Crippen molar-refractivity contribution in [3.8, 4) is 28.7 Å². The van der Waals surface area contributed by atoms with E-state index in [2.05, 4.69) is 102 Å². The number of nitrogens with two attached hydrogens (primary N) is 2. The molecule has 0 saturated heterocycles. The number of methoxy groups -OCH3 is 5. The van der Waals surface area contributed by atoms with Crippen LogP contribution >= 0.6 is 15.9 Å². The number of para-hydroxylation sites is 1. The lowest BCUT2D eigenvalue weighted by Crippen LogP contribution is -2.35. The molecule has 0 spiro atoms. The summed E-state index contributed by atoms with van der Waals surface area (Å²) in [4.78, 5) is 33.9. The molecule has 4 N–H and O–H groups in total. The number of fused-ring (bicyclic) bond motifs is 6. The second-order valence-electron chi connectivity index (χ2n) is 21.1. The maximum Gasteiger partial charge on any atom is 0.119 e. The molecule has 0 amide bonds. The third kappa shape index (κ3) is 18.3. The fourth-order valence-electron chi connectivity index (χ4n) is 9.59. The summed E-state index contributed by atoms with van der Waals surface area (Å²) in [6.45, 7) is 7.26. The van der Waals surface area contributed by atoms with E-state index in [9.17, 15) is 0 Å². The van der Waals surface area contributed by atoms with Crippen LogP contribution in [-0.4, -0.2) is 101 Å². The molecule has 12 aromatic rings. The minimum Gasteiger partial charge on any atom is -0.497 e. The lowest BCUT2D eigenvalue weighted by molar-refractivity contribution is 0.178. The Morgan fingerprint density at radius 3 is 0.943 bits per heavy atom. The van der Waals surface area contributed by atoms with Crippen molar-refractivity contribution in [2.75, 3.05) is 61.7 Å². The highest BCUT2D eigenvalue weighted by atomic mass is 79.9. The first kappa shape index (κ1) is 63.6. The van der Waals surface area contributed by atoms with Gasteiger partial charge in [0, 0.05) is 95.7 Å². The molecule has 15 nitrogen and oxygen atoms in total. The van der Waals surface area contributed by atoms with Gasteiger partial charge in [0.25, 0.3) is 0 Å². The van der Waals surface area contributed by atoms with Gasteiger partial charge in [-0.05, 0) is 140 Å². The van der Waals surface area contributed by atoms with E-state index in [1.54, 1.807) is 35.5 Å². The Balaban J connectivity index is 0.000000230. The molecule has 0 unspecified atom stereocenters. The van der Waals surface area contributed by atoms with E-state index in [4.69, 9.17) is 55.1 Å². The fraction of sp³-hybridized carbons (Fsp3) is 0.250. The number of ether oxygens (including phenoxy) is 5. The molecule has 1 aliphatic carbocycles. The Kier molecular flexibility index (Phi) is 23.3. The molecule has 6 aromatic carbocycles. The monoisotopic (exact) mass is 1240 g/mol. The SMILES string of the molecule is BrCc1ccc2ccccc2n1.C1CC1.COc1ccc2nc(C)ccc2c1.COc1ccc2nc(CN(CCN(Cc3ccc4cc(OC)ccc4n3)Cc3ccc4cc(OC)ccc4n3)Cc3ccc4cc(OC)ccc4n3)ccc2c1.NCCN. The van der Waals surface area contributed by atoms with Crippen molar-refractivity contribution in [1.82, 2.24) is 39.7 Å². The van der Waals surface area contributed by atoms with Crippen LogP contribution in [0.4, 0.5) is 0 Å². The molecule has 6 heterocycles. The highest BCUT2D eigenvalue weighted by molar-refractivity contribution is 9.08. The van der Waals surface area contributed by atoms with Gasteiger partial charge in [0.15, 0.2) is 0 Å². The van der Waals surface area contributed by atoms with Gasteiger partial charge in [-0.15, -0.1) is 0 Å². The summed E-state index contributed by atoms with van der Waals surface area (Å²) in [5.41, 5.74) is 21.7. The molecule has 16 heteroatoms. The molecule has 0 radical (unpaired) electrons. The first-order valence-electron chi connectivity index (χ1n) is 29.5. The summed E-state index contributed by atoms with van der Waals surface area (Å²) in [6.07, 6.45) is 4.50. The van der Waals surface area contributed by atoms with Gasteiger partial charge in [0.05, 0.1) is 97.1 Å². The number of nitrogens with zero attached hydrogens (tertiary/aromatic N) is 8. The summed E-state index contributed by atoms with van der Waals surface area (Å²) in [5.74, 6) is 4.13. The van der Waals surface area contributed by atoms with E-state index in [0.717, 1.165) is 141 Å². The predicted octanol–water partition coefficient (Wildman–Crippen LogP) is 14.4. The first-order valence-corrected chi connectivity index (χ1v) is 30.6.